The van der Waals surface area contributed by atoms with Crippen molar-refractivity contribution in [3.05, 3.63) is 47.5 Å². The molecular formula is C17H16FN3. The maximum atomic E-state index is 13.2. The summed E-state index contributed by atoms with van der Waals surface area (Å²) in [6.07, 6.45) is 2.41. The van der Waals surface area contributed by atoms with Crippen molar-refractivity contribution in [1.82, 2.24) is 14.8 Å². The Balaban J connectivity index is 2.03. The lowest BCUT2D eigenvalue weighted by atomic mass is 10.0. The van der Waals surface area contributed by atoms with E-state index in [2.05, 4.69) is 11.2 Å². The molecule has 106 valence electrons. The van der Waals surface area contributed by atoms with Crippen LogP contribution in [0.2, 0.25) is 0 Å². The molecule has 2 heterocycles. The van der Waals surface area contributed by atoms with Crippen LogP contribution in [-0.4, -0.2) is 14.8 Å². The first-order valence-electron chi connectivity index (χ1n) is 7.23. The van der Waals surface area contributed by atoms with Gasteiger partial charge < -0.3 is 0 Å². The summed E-state index contributed by atoms with van der Waals surface area (Å²) >= 11 is 0. The van der Waals surface area contributed by atoms with Crippen LogP contribution in [-0.2, 0) is 7.05 Å². The zero-order chi connectivity index (χ0) is 14.6. The third-order valence-electron chi connectivity index (χ3n) is 4.14. The smallest absolute Gasteiger partial charge is 0.158 e. The Hall–Kier alpha value is -2.23. The highest BCUT2D eigenvalue weighted by Gasteiger charge is 2.27. The highest BCUT2D eigenvalue weighted by Crippen LogP contribution is 2.42. The summed E-state index contributed by atoms with van der Waals surface area (Å²) in [5, 5.41) is 5.56. The highest BCUT2D eigenvalue weighted by molar-refractivity contribution is 5.95. The fourth-order valence-electron chi connectivity index (χ4n) is 2.91. The maximum absolute atomic E-state index is 13.2. The summed E-state index contributed by atoms with van der Waals surface area (Å²) in [6, 6.07) is 8.82. The largest absolute Gasteiger partial charge is 0.250 e. The normalized spacial score (nSPS) is 14.8. The van der Waals surface area contributed by atoms with Crippen molar-refractivity contribution in [2.45, 2.75) is 25.7 Å². The summed E-state index contributed by atoms with van der Waals surface area (Å²) in [5.74, 6) is 0.359. The van der Waals surface area contributed by atoms with E-state index < -0.39 is 0 Å². The molecule has 0 atom stereocenters. The van der Waals surface area contributed by atoms with E-state index in [1.54, 1.807) is 0 Å². The van der Waals surface area contributed by atoms with Crippen LogP contribution in [0, 0.1) is 12.7 Å². The molecule has 0 radical (unpaired) electrons. The van der Waals surface area contributed by atoms with Gasteiger partial charge in [0.25, 0.3) is 0 Å². The highest BCUT2D eigenvalue weighted by atomic mass is 19.1. The van der Waals surface area contributed by atoms with Gasteiger partial charge >= 0.3 is 0 Å². The second-order valence-electron chi connectivity index (χ2n) is 5.78. The molecule has 1 aliphatic carbocycles. The summed E-state index contributed by atoms with van der Waals surface area (Å²) in [5.41, 5.74) is 5.12. The Labute approximate surface area is 122 Å². The molecule has 0 aliphatic heterocycles. The predicted octanol–water partition coefficient (Wildman–Crippen LogP) is 3.96. The van der Waals surface area contributed by atoms with Crippen molar-refractivity contribution in [3.63, 3.8) is 0 Å². The summed E-state index contributed by atoms with van der Waals surface area (Å²) in [7, 11) is 1.92. The van der Waals surface area contributed by atoms with Gasteiger partial charge in [-0.05, 0) is 49.1 Å². The molecule has 2 aromatic heterocycles. The van der Waals surface area contributed by atoms with Crippen molar-refractivity contribution >= 4 is 11.0 Å². The van der Waals surface area contributed by atoms with Crippen LogP contribution in [0.3, 0.4) is 0 Å². The molecule has 0 spiro atoms. The van der Waals surface area contributed by atoms with Gasteiger partial charge in [0.1, 0.15) is 5.82 Å². The minimum atomic E-state index is -0.214. The van der Waals surface area contributed by atoms with Gasteiger partial charge in [-0.15, -0.1) is 0 Å². The molecule has 0 N–H and O–H groups in total. The number of aromatic nitrogens is 3. The van der Waals surface area contributed by atoms with E-state index in [1.165, 1.54) is 25.0 Å². The standard InChI is InChI=1S/C17H16FN3/c1-10-16-14(11-5-7-13(18)8-6-11)9-15(12-3-4-12)19-17(16)21(2)20-10/h5-9,12H,3-4H2,1-2H3. The van der Waals surface area contributed by atoms with Crippen molar-refractivity contribution in [2.75, 3.05) is 0 Å². The first kappa shape index (κ1) is 12.5. The lowest BCUT2D eigenvalue weighted by Crippen LogP contribution is -1.96. The number of aryl methyl sites for hydroxylation is 2. The molecule has 1 aromatic carbocycles. The minimum absolute atomic E-state index is 0.214. The Kier molecular flexibility index (Phi) is 2.61. The minimum Gasteiger partial charge on any atom is -0.250 e. The van der Waals surface area contributed by atoms with Crippen molar-refractivity contribution < 1.29 is 4.39 Å². The fraction of sp³-hybridized carbons (Fsp3) is 0.294. The number of hydrogen-bond donors (Lipinski definition) is 0. The third kappa shape index (κ3) is 2.02. The van der Waals surface area contributed by atoms with Crippen molar-refractivity contribution in [2.24, 2.45) is 7.05 Å². The number of rotatable bonds is 2. The van der Waals surface area contributed by atoms with Gasteiger partial charge in [-0.25, -0.2) is 9.37 Å². The maximum Gasteiger partial charge on any atom is 0.158 e. The fourth-order valence-corrected chi connectivity index (χ4v) is 2.91. The third-order valence-corrected chi connectivity index (χ3v) is 4.14. The van der Waals surface area contributed by atoms with Crippen LogP contribution >= 0.6 is 0 Å². The van der Waals surface area contributed by atoms with E-state index in [0.29, 0.717) is 5.92 Å². The van der Waals surface area contributed by atoms with Crippen LogP contribution in [0.1, 0.15) is 30.1 Å². The van der Waals surface area contributed by atoms with Gasteiger partial charge in [0.2, 0.25) is 0 Å². The van der Waals surface area contributed by atoms with Crippen LogP contribution in [0.25, 0.3) is 22.2 Å². The summed E-state index contributed by atoms with van der Waals surface area (Å²) in [6.45, 7) is 1.99. The summed E-state index contributed by atoms with van der Waals surface area (Å²) in [4.78, 5) is 4.79. The zero-order valence-corrected chi connectivity index (χ0v) is 12.1. The monoisotopic (exact) mass is 281 g/mol. The molecular weight excluding hydrogens is 265 g/mol. The molecule has 1 saturated carbocycles. The summed E-state index contributed by atoms with van der Waals surface area (Å²) < 4.78 is 15.0. The van der Waals surface area contributed by atoms with Crippen molar-refractivity contribution in [1.29, 1.82) is 0 Å². The first-order chi connectivity index (χ1) is 10.1. The second-order valence-corrected chi connectivity index (χ2v) is 5.78. The van der Waals surface area contributed by atoms with Crippen LogP contribution < -0.4 is 0 Å². The molecule has 0 amide bonds. The van der Waals surface area contributed by atoms with Gasteiger partial charge in [0, 0.05) is 24.0 Å². The quantitative estimate of drug-likeness (QED) is 0.712. The van der Waals surface area contributed by atoms with E-state index in [0.717, 1.165) is 33.5 Å². The number of nitrogens with zero attached hydrogens (tertiary/aromatic N) is 3. The predicted molar refractivity (Wildman–Crippen MR) is 80.6 cm³/mol. The molecule has 1 aliphatic rings. The molecule has 1 fully saturated rings. The number of halogens is 1. The number of pyridine rings is 1. The second kappa shape index (κ2) is 4.38. The molecule has 0 bridgehead atoms. The lowest BCUT2D eigenvalue weighted by Gasteiger charge is -2.08. The van der Waals surface area contributed by atoms with E-state index in [9.17, 15) is 4.39 Å². The Bertz CT molecular complexity index is 829. The molecule has 3 nitrogen and oxygen atoms in total. The molecule has 0 saturated heterocycles. The van der Waals surface area contributed by atoms with Gasteiger partial charge in [0.15, 0.2) is 5.65 Å². The van der Waals surface area contributed by atoms with Crippen molar-refractivity contribution in [3.8, 4) is 11.1 Å². The zero-order valence-electron chi connectivity index (χ0n) is 12.1. The average molecular weight is 281 g/mol. The molecule has 3 aromatic rings. The Morgan fingerprint density at radius 1 is 1.19 bits per heavy atom. The number of benzene rings is 1. The lowest BCUT2D eigenvalue weighted by molar-refractivity contribution is 0.628. The number of fused-ring (bicyclic) bond motifs is 1. The Morgan fingerprint density at radius 2 is 1.90 bits per heavy atom. The topological polar surface area (TPSA) is 30.7 Å². The molecule has 21 heavy (non-hydrogen) atoms. The van der Waals surface area contributed by atoms with E-state index in [-0.39, 0.29) is 5.82 Å². The van der Waals surface area contributed by atoms with Gasteiger partial charge in [-0.3, -0.25) is 4.68 Å². The van der Waals surface area contributed by atoms with E-state index in [4.69, 9.17) is 4.98 Å². The van der Waals surface area contributed by atoms with Gasteiger partial charge in [-0.1, -0.05) is 12.1 Å². The molecule has 0 unspecified atom stereocenters. The molecule has 4 rings (SSSR count). The SMILES string of the molecule is Cc1nn(C)c2nc(C3CC3)cc(-c3ccc(F)cc3)c12. The van der Waals surface area contributed by atoms with Crippen LogP contribution in [0.5, 0.6) is 0 Å². The van der Waals surface area contributed by atoms with E-state index >= 15 is 0 Å². The van der Waals surface area contributed by atoms with Gasteiger partial charge in [-0.2, -0.15) is 5.10 Å². The Morgan fingerprint density at radius 3 is 2.57 bits per heavy atom. The molecule has 4 heteroatoms. The van der Waals surface area contributed by atoms with Crippen LogP contribution in [0.15, 0.2) is 30.3 Å². The van der Waals surface area contributed by atoms with Crippen LogP contribution in [0.4, 0.5) is 4.39 Å². The van der Waals surface area contributed by atoms with E-state index in [1.807, 2.05) is 30.8 Å². The number of hydrogen-bond acceptors (Lipinski definition) is 2. The van der Waals surface area contributed by atoms with Gasteiger partial charge in [0.05, 0.1) is 5.69 Å². The average Bonchev–Trinajstić information content (AvgIpc) is 3.27. The first-order valence-corrected chi connectivity index (χ1v) is 7.23.